The predicted molar refractivity (Wildman–Crippen MR) is 77.8 cm³/mol. The molecule has 2 atom stereocenters. The lowest BCUT2D eigenvalue weighted by Gasteiger charge is -2.25. The average molecular weight is 251 g/mol. The van der Waals surface area contributed by atoms with Gasteiger partial charge in [-0.2, -0.15) is 0 Å². The zero-order valence-electron chi connectivity index (χ0n) is 12.5. The first-order valence-corrected chi connectivity index (χ1v) is 7.58. The number of unbranched alkanes of at least 4 members (excludes halogenated alkanes) is 1. The van der Waals surface area contributed by atoms with Crippen LogP contribution < -0.4 is 5.32 Å². The summed E-state index contributed by atoms with van der Waals surface area (Å²) in [6, 6.07) is 4.65. The van der Waals surface area contributed by atoms with E-state index in [1.807, 2.05) is 0 Å². The van der Waals surface area contributed by atoms with Gasteiger partial charge in [0.2, 0.25) is 0 Å². The summed E-state index contributed by atoms with van der Waals surface area (Å²) in [5.41, 5.74) is 0. The molecule has 0 saturated heterocycles. The van der Waals surface area contributed by atoms with Crippen LogP contribution in [0.15, 0.2) is 16.5 Å². The van der Waals surface area contributed by atoms with Gasteiger partial charge in [0.25, 0.3) is 0 Å². The standard InChI is InChI=1S/C16H29NO/c1-5-9-10-13(6-2)16(17-8-4)15-12-11-14(7-3)18-15/h11-13,16-17H,5-10H2,1-4H3. The van der Waals surface area contributed by atoms with Gasteiger partial charge in [0.05, 0.1) is 6.04 Å². The maximum absolute atomic E-state index is 5.95. The third-order valence-corrected chi connectivity index (χ3v) is 3.69. The van der Waals surface area contributed by atoms with E-state index in [4.69, 9.17) is 4.42 Å². The lowest BCUT2D eigenvalue weighted by atomic mass is 9.90. The molecule has 1 rings (SSSR count). The van der Waals surface area contributed by atoms with Gasteiger partial charge in [-0.15, -0.1) is 0 Å². The van der Waals surface area contributed by atoms with Gasteiger partial charge < -0.3 is 9.73 Å². The molecule has 0 aliphatic heterocycles. The van der Waals surface area contributed by atoms with Crippen molar-refractivity contribution in [1.29, 1.82) is 0 Å². The van der Waals surface area contributed by atoms with Crippen molar-refractivity contribution in [2.24, 2.45) is 5.92 Å². The Balaban J connectivity index is 2.78. The van der Waals surface area contributed by atoms with Crippen LogP contribution >= 0.6 is 0 Å². The minimum Gasteiger partial charge on any atom is -0.464 e. The zero-order chi connectivity index (χ0) is 13.4. The molecule has 1 aromatic rings. The average Bonchev–Trinajstić information content (AvgIpc) is 2.86. The number of furan rings is 1. The number of hydrogen-bond donors (Lipinski definition) is 1. The molecule has 0 fully saturated rings. The molecule has 0 amide bonds. The van der Waals surface area contributed by atoms with Gasteiger partial charge in [-0.3, -0.25) is 0 Å². The third kappa shape index (κ3) is 4.16. The van der Waals surface area contributed by atoms with Gasteiger partial charge in [0, 0.05) is 6.42 Å². The Bertz CT molecular complexity index is 319. The molecule has 0 saturated carbocycles. The van der Waals surface area contributed by atoms with Crippen molar-refractivity contribution in [3.63, 3.8) is 0 Å². The normalized spacial score (nSPS) is 14.7. The van der Waals surface area contributed by atoms with Crippen molar-refractivity contribution in [3.05, 3.63) is 23.7 Å². The highest BCUT2D eigenvalue weighted by Gasteiger charge is 2.23. The quantitative estimate of drug-likeness (QED) is 0.687. The van der Waals surface area contributed by atoms with Gasteiger partial charge in [-0.1, -0.05) is 47.0 Å². The van der Waals surface area contributed by atoms with Crippen LogP contribution in [0.2, 0.25) is 0 Å². The number of aryl methyl sites for hydroxylation is 1. The van der Waals surface area contributed by atoms with Crippen molar-refractivity contribution in [1.82, 2.24) is 5.32 Å². The molecule has 1 N–H and O–H groups in total. The third-order valence-electron chi connectivity index (χ3n) is 3.69. The summed E-state index contributed by atoms with van der Waals surface area (Å²) < 4.78 is 5.95. The maximum Gasteiger partial charge on any atom is 0.121 e. The molecule has 104 valence electrons. The van der Waals surface area contributed by atoms with E-state index in [9.17, 15) is 0 Å². The SMILES string of the molecule is CCCCC(CC)C(NCC)c1ccc(CC)o1. The molecule has 0 aromatic carbocycles. The van der Waals surface area contributed by atoms with Crippen LogP contribution in [0.5, 0.6) is 0 Å². The van der Waals surface area contributed by atoms with Crippen molar-refractivity contribution in [3.8, 4) is 0 Å². The van der Waals surface area contributed by atoms with E-state index < -0.39 is 0 Å². The number of nitrogens with one attached hydrogen (secondary N) is 1. The second-order valence-electron chi connectivity index (χ2n) is 5.00. The van der Waals surface area contributed by atoms with Crippen LogP contribution in [0.25, 0.3) is 0 Å². The molecular weight excluding hydrogens is 222 g/mol. The summed E-state index contributed by atoms with van der Waals surface area (Å²) in [7, 11) is 0. The van der Waals surface area contributed by atoms with Crippen molar-refractivity contribution < 1.29 is 4.42 Å². The molecule has 0 aliphatic carbocycles. The Morgan fingerprint density at radius 3 is 2.44 bits per heavy atom. The smallest absolute Gasteiger partial charge is 0.121 e. The van der Waals surface area contributed by atoms with E-state index in [2.05, 4.69) is 45.1 Å². The largest absolute Gasteiger partial charge is 0.464 e. The highest BCUT2D eigenvalue weighted by atomic mass is 16.3. The molecule has 2 heteroatoms. The molecule has 0 aliphatic rings. The first kappa shape index (κ1) is 15.3. The Kier molecular flexibility index (Phi) is 7.11. The summed E-state index contributed by atoms with van der Waals surface area (Å²) >= 11 is 0. The van der Waals surface area contributed by atoms with Crippen molar-refractivity contribution in [2.75, 3.05) is 6.54 Å². The Morgan fingerprint density at radius 2 is 1.94 bits per heavy atom. The minimum absolute atomic E-state index is 0.381. The molecule has 0 radical (unpaired) electrons. The highest BCUT2D eigenvalue weighted by molar-refractivity contribution is 5.11. The molecule has 1 heterocycles. The molecule has 2 unspecified atom stereocenters. The van der Waals surface area contributed by atoms with Gasteiger partial charge in [0.15, 0.2) is 0 Å². The number of hydrogen-bond acceptors (Lipinski definition) is 2. The van der Waals surface area contributed by atoms with Gasteiger partial charge in [0.1, 0.15) is 11.5 Å². The van der Waals surface area contributed by atoms with Crippen LogP contribution in [0.3, 0.4) is 0 Å². The van der Waals surface area contributed by atoms with Gasteiger partial charge in [-0.05, 0) is 31.0 Å². The Hall–Kier alpha value is -0.760. The van der Waals surface area contributed by atoms with Crippen molar-refractivity contribution in [2.45, 2.75) is 65.8 Å². The van der Waals surface area contributed by atoms with E-state index in [1.54, 1.807) is 0 Å². The fourth-order valence-corrected chi connectivity index (χ4v) is 2.54. The van der Waals surface area contributed by atoms with Gasteiger partial charge in [-0.25, -0.2) is 0 Å². The number of rotatable bonds is 9. The summed E-state index contributed by atoms with van der Waals surface area (Å²) in [5.74, 6) is 2.90. The first-order chi connectivity index (χ1) is 8.76. The zero-order valence-corrected chi connectivity index (χ0v) is 12.5. The van der Waals surface area contributed by atoms with E-state index in [0.717, 1.165) is 24.5 Å². The summed E-state index contributed by atoms with van der Waals surface area (Å²) in [6.45, 7) is 9.85. The predicted octanol–water partition coefficient (Wildman–Crippen LogP) is 4.71. The van der Waals surface area contributed by atoms with Crippen molar-refractivity contribution >= 4 is 0 Å². The molecule has 1 aromatic heterocycles. The Labute approximate surface area is 112 Å². The summed E-state index contributed by atoms with van der Waals surface area (Å²) in [4.78, 5) is 0. The molecular formula is C16H29NO. The molecule has 0 bridgehead atoms. The maximum atomic E-state index is 5.95. The molecule has 18 heavy (non-hydrogen) atoms. The molecule has 0 spiro atoms. The first-order valence-electron chi connectivity index (χ1n) is 7.58. The Morgan fingerprint density at radius 1 is 1.17 bits per heavy atom. The van der Waals surface area contributed by atoms with Gasteiger partial charge >= 0.3 is 0 Å². The topological polar surface area (TPSA) is 25.2 Å². The van der Waals surface area contributed by atoms with Crippen LogP contribution in [-0.2, 0) is 6.42 Å². The van der Waals surface area contributed by atoms with E-state index >= 15 is 0 Å². The lowest BCUT2D eigenvalue weighted by molar-refractivity contribution is 0.281. The fraction of sp³-hybridized carbons (Fsp3) is 0.750. The fourth-order valence-electron chi connectivity index (χ4n) is 2.54. The summed E-state index contributed by atoms with van der Waals surface area (Å²) in [5, 5.41) is 3.60. The van der Waals surface area contributed by atoms with Crippen LogP contribution in [0.1, 0.15) is 70.9 Å². The van der Waals surface area contributed by atoms with E-state index in [0.29, 0.717) is 12.0 Å². The van der Waals surface area contributed by atoms with E-state index in [-0.39, 0.29) is 0 Å². The van der Waals surface area contributed by atoms with E-state index in [1.165, 1.54) is 25.7 Å². The van der Waals surface area contributed by atoms with Crippen LogP contribution in [0.4, 0.5) is 0 Å². The lowest BCUT2D eigenvalue weighted by Crippen LogP contribution is -2.27. The second kappa shape index (κ2) is 8.36. The summed E-state index contributed by atoms with van der Waals surface area (Å²) in [6.07, 6.45) is 6.05. The molecule has 2 nitrogen and oxygen atoms in total. The monoisotopic (exact) mass is 251 g/mol. The minimum atomic E-state index is 0.381. The highest BCUT2D eigenvalue weighted by Crippen LogP contribution is 2.30. The van der Waals surface area contributed by atoms with Crippen LogP contribution in [-0.4, -0.2) is 6.54 Å². The second-order valence-corrected chi connectivity index (χ2v) is 5.00. The van der Waals surface area contributed by atoms with Crippen LogP contribution in [0, 0.1) is 5.92 Å².